The van der Waals surface area contributed by atoms with E-state index < -0.39 is 0 Å². The molecule has 0 radical (unpaired) electrons. The third-order valence-electron chi connectivity index (χ3n) is 5.34. The largest absolute Gasteiger partial charge is 0.357 e. The third-order valence-corrected chi connectivity index (χ3v) is 5.34. The second-order valence-electron chi connectivity index (χ2n) is 7.76. The molecule has 152 valence electrons. The molecule has 3 heteroatoms. The van der Waals surface area contributed by atoms with Gasteiger partial charge in [-0.15, -0.1) is 0 Å². The Morgan fingerprint density at radius 1 is 0.846 bits per heavy atom. The van der Waals surface area contributed by atoms with Gasteiger partial charge in [-0.2, -0.15) is 0 Å². The maximum atomic E-state index is 5.66. The van der Waals surface area contributed by atoms with Crippen LogP contribution in [0, 0.1) is 0 Å². The molecule has 1 rings (SSSR count). The van der Waals surface area contributed by atoms with Gasteiger partial charge in [-0.05, 0) is 32.1 Å². The topological polar surface area (TPSA) is 41.6 Å². The number of hydrogen-bond acceptors (Lipinski definition) is 3. The molecule has 26 heavy (non-hydrogen) atoms. The van der Waals surface area contributed by atoms with E-state index >= 15 is 0 Å². The first-order valence-electron chi connectivity index (χ1n) is 11.5. The van der Waals surface area contributed by atoms with Crippen molar-refractivity contribution in [2.45, 2.75) is 103 Å². The van der Waals surface area contributed by atoms with E-state index in [0.29, 0.717) is 0 Å². The Morgan fingerprint density at radius 3 is 2.04 bits per heavy atom. The molecule has 3 nitrogen and oxygen atoms in total. The molecule has 0 aliphatic carbocycles. The first kappa shape index (κ1) is 23.2. The van der Waals surface area contributed by atoms with Gasteiger partial charge in [0.25, 0.3) is 0 Å². The van der Waals surface area contributed by atoms with Gasteiger partial charge < -0.3 is 10.6 Å². The van der Waals surface area contributed by atoms with E-state index in [1.807, 2.05) is 0 Å². The molecule has 1 heterocycles. The van der Waals surface area contributed by atoms with E-state index in [2.05, 4.69) is 29.0 Å². The Morgan fingerprint density at radius 2 is 1.42 bits per heavy atom. The minimum atomic E-state index is 0.742. The van der Waals surface area contributed by atoms with Crippen molar-refractivity contribution in [2.24, 2.45) is 10.7 Å². The van der Waals surface area contributed by atoms with Crippen LogP contribution in [0.1, 0.15) is 103 Å². The molecule has 2 N–H and O–H groups in total. The monoisotopic (exact) mass is 363 g/mol. The lowest BCUT2D eigenvalue weighted by Crippen LogP contribution is -2.32. The Kier molecular flexibility index (Phi) is 15.7. The van der Waals surface area contributed by atoms with Crippen molar-refractivity contribution in [1.29, 1.82) is 0 Å². The van der Waals surface area contributed by atoms with Gasteiger partial charge in [0.1, 0.15) is 0 Å². The van der Waals surface area contributed by atoms with Crippen molar-refractivity contribution in [3.05, 3.63) is 12.2 Å². The molecular formula is C23H45N3. The number of unbranched alkanes of at least 4 members (excludes halogenated alkanes) is 12. The second kappa shape index (κ2) is 17.6. The van der Waals surface area contributed by atoms with Crippen LogP contribution in [0.15, 0.2) is 17.1 Å². The van der Waals surface area contributed by atoms with E-state index in [-0.39, 0.29) is 0 Å². The molecule has 0 saturated carbocycles. The summed E-state index contributed by atoms with van der Waals surface area (Å²) >= 11 is 0. The lowest BCUT2D eigenvalue weighted by atomic mass is 10.1. The summed E-state index contributed by atoms with van der Waals surface area (Å²) in [5.74, 6) is 1.31. The van der Waals surface area contributed by atoms with Crippen molar-refractivity contribution in [3.63, 3.8) is 0 Å². The Balaban J connectivity index is 1.80. The van der Waals surface area contributed by atoms with E-state index in [4.69, 9.17) is 5.73 Å². The highest BCUT2D eigenvalue weighted by Gasteiger charge is 2.14. The molecule has 0 amide bonds. The van der Waals surface area contributed by atoms with Crippen LogP contribution in [0.4, 0.5) is 0 Å². The van der Waals surface area contributed by atoms with Crippen LogP contribution >= 0.6 is 0 Å². The van der Waals surface area contributed by atoms with Crippen LogP contribution < -0.4 is 5.73 Å². The molecular weight excluding hydrogens is 318 g/mol. The fraction of sp³-hybridized carbons (Fsp3) is 0.870. The molecule has 0 spiro atoms. The molecule has 1 aliphatic rings. The average Bonchev–Trinajstić information content (AvgIpc) is 3.09. The SMILES string of the molecule is CCCCCCCCC/C=C/CCCCCCCC1=NCCN1CCN. The summed E-state index contributed by atoms with van der Waals surface area (Å²) in [4.78, 5) is 6.99. The number of rotatable bonds is 18. The molecule has 1 aliphatic heterocycles. The van der Waals surface area contributed by atoms with E-state index in [1.165, 1.54) is 95.7 Å². The summed E-state index contributed by atoms with van der Waals surface area (Å²) < 4.78 is 0. The van der Waals surface area contributed by atoms with E-state index in [1.54, 1.807) is 0 Å². The number of aliphatic imine (C=N–C) groups is 1. The van der Waals surface area contributed by atoms with Crippen molar-refractivity contribution < 1.29 is 0 Å². The third kappa shape index (κ3) is 12.5. The highest BCUT2D eigenvalue weighted by molar-refractivity contribution is 5.83. The minimum Gasteiger partial charge on any atom is -0.357 e. The number of allylic oxidation sites excluding steroid dienone is 2. The lowest BCUT2D eigenvalue weighted by Gasteiger charge is -2.19. The predicted molar refractivity (Wildman–Crippen MR) is 117 cm³/mol. The van der Waals surface area contributed by atoms with Crippen molar-refractivity contribution in [3.8, 4) is 0 Å². The average molecular weight is 364 g/mol. The zero-order valence-corrected chi connectivity index (χ0v) is 17.6. The molecule has 0 aromatic heterocycles. The summed E-state index contributed by atoms with van der Waals surface area (Å²) in [6.45, 7) is 6.06. The van der Waals surface area contributed by atoms with Gasteiger partial charge in [0.2, 0.25) is 0 Å². The van der Waals surface area contributed by atoms with Crippen LogP contribution in [0.5, 0.6) is 0 Å². The van der Waals surface area contributed by atoms with Crippen LogP contribution in [-0.4, -0.2) is 36.9 Å². The molecule has 0 bridgehead atoms. The minimum absolute atomic E-state index is 0.742. The Labute approximate surface area is 163 Å². The van der Waals surface area contributed by atoms with E-state index in [0.717, 1.165) is 32.6 Å². The summed E-state index contributed by atoms with van der Waals surface area (Å²) in [5, 5.41) is 0. The number of hydrogen-bond donors (Lipinski definition) is 1. The molecule has 0 aromatic rings. The van der Waals surface area contributed by atoms with Gasteiger partial charge in [0.05, 0.1) is 12.4 Å². The Hall–Kier alpha value is -0.830. The van der Waals surface area contributed by atoms with Crippen LogP contribution in [0.2, 0.25) is 0 Å². The van der Waals surface area contributed by atoms with Crippen molar-refractivity contribution >= 4 is 5.84 Å². The lowest BCUT2D eigenvalue weighted by molar-refractivity contribution is 0.456. The van der Waals surface area contributed by atoms with Crippen LogP contribution in [-0.2, 0) is 0 Å². The first-order valence-corrected chi connectivity index (χ1v) is 11.5. The molecule has 0 atom stereocenters. The molecule has 0 fully saturated rings. The van der Waals surface area contributed by atoms with Gasteiger partial charge in [-0.3, -0.25) is 4.99 Å². The Bertz CT molecular complexity index is 362. The summed E-state index contributed by atoms with van der Waals surface area (Å²) in [7, 11) is 0. The highest BCUT2D eigenvalue weighted by atomic mass is 15.2. The van der Waals surface area contributed by atoms with Gasteiger partial charge in [0.15, 0.2) is 0 Å². The standard InChI is InChI=1S/C23H45N3/c1-2-3-4-5-6-7-8-9-10-11-12-13-14-15-16-17-18-23-25-20-22-26(23)21-19-24/h10-11H,2-9,12-22,24H2,1H3/b11-10+. The van der Waals surface area contributed by atoms with Crippen molar-refractivity contribution in [1.82, 2.24) is 4.90 Å². The quantitative estimate of drug-likeness (QED) is 0.236. The molecule has 0 aromatic carbocycles. The molecule has 0 saturated heterocycles. The van der Waals surface area contributed by atoms with Gasteiger partial charge in [0, 0.05) is 26.1 Å². The maximum absolute atomic E-state index is 5.66. The summed E-state index contributed by atoms with van der Waals surface area (Å²) in [6.07, 6.45) is 25.1. The fourth-order valence-corrected chi connectivity index (χ4v) is 3.69. The smallest absolute Gasteiger partial charge is 0.0990 e. The normalized spacial score (nSPS) is 14.5. The molecule has 0 unspecified atom stereocenters. The van der Waals surface area contributed by atoms with Crippen LogP contribution in [0.3, 0.4) is 0 Å². The first-order chi connectivity index (χ1) is 12.9. The fourth-order valence-electron chi connectivity index (χ4n) is 3.69. The van der Waals surface area contributed by atoms with Gasteiger partial charge in [-0.1, -0.05) is 76.9 Å². The number of nitrogens with two attached hydrogens (primary N) is 1. The second-order valence-corrected chi connectivity index (χ2v) is 7.76. The highest BCUT2D eigenvalue weighted by Crippen LogP contribution is 2.12. The maximum Gasteiger partial charge on any atom is 0.0990 e. The van der Waals surface area contributed by atoms with E-state index in [9.17, 15) is 0 Å². The number of nitrogens with zero attached hydrogens (tertiary/aromatic N) is 2. The predicted octanol–water partition coefficient (Wildman–Crippen LogP) is 6.09. The zero-order valence-electron chi connectivity index (χ0n) is 17.6. The zero-order chi connectivity index (χ0) is 18.7. The van der Waals surface area contributed by atoms with Crippen molar-refractivity contribution in [2.75, 3.05) is 26.2 Å². The number of amidine groups is 1. The van der Waals surface area contributed by atoms with Gasteiger partial charge >= 0.3 is 0 Å². The summed E-state index contributed by atoms with van der Waals surface area (Å²) in [5.41, 5.74) is 5.66. The van der Waals surface area contributed by atoms with Gasteiger partial charge in [-0.25, -0.2) is 0 Å². The van der Waals surface area contributed by atoms with Crippen LogP contribution in [0.25, 0.3) is 0 Å². The summed E-state index contributed by atoms with van der Waals surface area (Å²) in [6, 6.07) is 0.